The molecule has 3 aromatic rings. The maximum absolute atomic E-state index is 12.5. The van der Waals surface area contributed by atoms with E-state index in [1.165, 1.54) is 11.1 Å². The van der Waals surface area contributed by atoms with Gasteiger partial charge in [-0.25, -0.2) is 9.78 Å². The minimum Gasteiger partial charge on any atom is -0.493 e. The molecule has 0 atom stereocenters. The molecule has 0 fully saturated rings. The van der Waals surface area contributed by atoms with Gasteiger partial charge in [0.1, 0.15) is 5.65 Å². The molecular formula is C23H26N4O3. The molecule has 0 aliphatic carbocycles. The monoisotopic (exact) mass is 406 g/mol. The van der Waals surface area contributed by atoms with Gasteiger partial charge in [0, 0.05) is 43.0 Å². The van der Waals surface area contributed by atoms with Crippen molar-refractivity contribution < 1.29 is 14.3 Å². The molecule has 4 rings (SSSR count). The Labute approximate surface area is 175 Å². The van der Waals surface area contributed by atoms with Crippen LogP contribution < -0.4 is 14.8 Å². The Morgan fingerprint density at radius 3 is 2.87 bits per heavy atom. The molecule has 0 saturated carbocycles. The van der Waals surface area contributed by atoms with E-state index in [4.69, 9.17) is 9.47 Å². The molecule has 30 heavy (non-hydrogen) atoms. The van der Waals surface area contributed by atoms with Gasteiger partial charge in [-0.2, -0.15) is 0 Å². The van der Waals surface area contributed by atoms with E-state index in [1.807, 2.05) is 35.4 Å². The van der Waals surface area contributed by atoms with Crippen LogP contribution >= 0.6 is 0 Å². The van der Waals surface area contributed by atoms with E-state index in [2.05, 4.69) is 27.4 Å². The SMILES string of the molecule is COc1ccc(CCNC(=O)N2CC=C(c3c[nH]c4ncccc34)CC2)cc1OC. The van der Waals surface area contributed by atoms with E-state index in [9.17, 15) is 4.79 Å². The predicted octanol–water partition coefficient (Wildman–Crippen LogP) is 3.62. The molecular weight excluding hydrogens is 380 g/mol. The predicted molar refractivity (Wildman–Crippen MR) is 117 cm³/mol. The number of aromatic nitrogens is 2. The molecule has 0 radical (unpaired) electrons. The van der Waals surface area contributed by atoms with Gasteiger partial charge in [-0.3, -0.25) is 0 Å². The topological polar surface area (TPSA) is 79.5 Å². The van der Waals surface area contributed by atoms with Gasteiger partial charge in [0.15, 0.2) is 11.5 Å². The van der Waals surface area contributed by atoms with Crippen molar-refractivity contribution in [3.05, 3.63) is 59.9 Å². The number of methoxy groups -OCH3 is 2. The second-order valence-corrected chi connectivity index (χ2v) is 7.20. The first kappa shape index (κ1) is 19.8. The lowest BCUT2D eigenvalue weighted by Crippen LogP contribution is -2.42. The van der Waals surface area contributed by atoms with Gasteiger partial charge in [-0.05, 0) is 48.2 Å². The summed E-state index contributed by atoms with van der Waals surface area (Å²) in [5.74, 6) is 1.40. The number of hydrogen-bond donors (Lipinski definition) is 2. The number of H-pyrrole nitrogens is 1. The maximum Gasteiger partial charge on any atom is 0.317 e. The Balaban J connectivity index is 1.31. The summed E-state index contributed by atoms with van der Waals surface area (Å²) in [6.45, 7) is 1.86. The van der Waals surface area contributed by atoms with Crippen LogP contribution in [0.2, 0.25) is 0 Å². The number of pyridine rings is 1. The van der Waals surface area contributed by atoms with Gasteiger partial charge in [-0.15, -0.1) is 0 Å². The van der Waals surface area contributed by atoms with Gasteiger partial charge in [0.05, 0.1) is 14.2 Å². The fourth-order valence-electron chi connectivity index (χ4n) is 3.78. The van der Waals surface area contributed by atoms with Crippen molar-refractivity contribution in [3.8, 4) is 11.5 Å². The third-order valence-electron chi connectivity index (χ3n) is 5.43. The van der Waals surface area contributed by atoms with Crippen LogP contribution in [0.25, 0.3) is 16.6 Å². The van der Waals surface area contributed by atoms with Crippen LogP contribution in [-0.2, 0) is 6.42 Å². The first-order chi connectivity index (χ1) is 14.7. The van der Waals surface area contributed by atoms with Crippen LogP contribution in [0.5, 0.6) is 11.5 Å². The Hall–Kier alpha value is -3.48. The van der Waals surface area contributed by atoms with Crippen molar-refractivity contribution in [1.29, 1.82) is 0 Å². The smallest absolute Gasteiger partial charge is 0.317 e. The van der Waals surface area contributed by atoms with Gasteiger partial charge in [0.2, 0.25) is 0 Å². The molecule has 1 aromatic carbocycles. The molecule has 1 aliphatic rings. The zero-order chi connectivity index (χ0) is 20.9. The quantitative estimate of drug-likeness (QED) is 0.655. The number of hydrogen-bond acceptors (Lipinski definition) is 4. The highest BCUT2D eigenvalue weighted by molar-refractivity contribution is 5.91. The van der Waals surface area contributed by atoms with Crippen LogP contribution in [0.1, 0.15) is 17.5 Å². The molecule has 7 heteroatoms. The zero-order valence-electron chi connectivity index (χ0n) is 17.3. The minimum atomic E-state index is -0.0358. The summed E-state index contributed by atoms with van der Waals surface area (Å²) >= 11 is 0. The van der Waals surface area contributed by atoms with Crippen LogP contribution in [0.15, 0.2) is 48.8 Å². The van der Waals surface area contributed by atoms with Crippen molar-refractivity contribution in [1.82, 2.24) is 20.2 Å². The molecule has 0 spiro atoms. The van der Waals surface area contributed by atoms with Crippen LogP contribution in [0.4, 0.5) is 4.79 Å². The summed E-state index contributed by atoms with van der Waals surface area (Å²) in [4.78, 5) is 21.9. The normalized spacial score (nSPS) is 13.8. The molecule has 3 heterocycles. The van der Waals surface area contributed by atoms with Crippen LogP contribution in [-0.4, -0.2) is 54.8 Å². The molecule has 0 unspecified atom stereocenters. The van der Waals surface area contributed by atoms with E-state index in [1.54, 1.807) is 20.4 Å². The lowest BCUT2D eigenvalue weighted by molar-refractivity contribution is 0.203. The molecule has 2 aromatic heterocycles. The van der Waals surface area contributed by atoms with Crippen LogP contribution in [0.3, 0.4) is 0 Å². The first-order valence-corrected chi connectivity index (χ1v) is 10.0. The largest absolute Gasteiger partial charge is 0.493 e. The van der Waals surface area contributed by atoms with Crippen molar-refractivity contribution in [2.24, 2.45) is 0 Å². The third-order valence-corrected chi connectivity index (χ3v) is 5.43. The number of aromatic amines is 1. The molecule has 1 aliphatic heterocycles. The number of nitrogens with one attached hydrogen (secondary N) is 2. The first-order valence-electron chi connectivity index (χ1n) is 10.0. The second kappa shape index (κ2) is 8.90. The average Bonchev–Trinajstić information content (AvgIpc) is 3.23. The molecule has 156 valence electrons. The molecule has 0 saturated heterocycles. The van der Waals surface area contributed by atoms with Crippen molar-refractivity contribution in [2.75, 3.05) is 33.9 Å². The summed E-state index contributed by atoms with van der Waals surface area (Å²) in [5, 5.41) is 4.14. The number of nitrogens with zero attached hydrogens (tertiary/aromatic N) is 2. The zero-order valence-corrected chi connectivity index (χ0v) is 17.3. The molecule has 2 N–H and O–H groups in total. The fraction of sp³-hybridized carbons (Fsp3) is 0.304. The Bertz CT molecular complexity index is 1070. The third kappa shape index (κ3) is 4.10. The lowest BCUT2D eigenvalue weighted by Gasteiger charge is -2.26. The fourth-order valence-corrected chi connectivity index (χ4v) is 3.78. The van der Waals surface area contributed by atoms with E-state index in [-0.39, 0.29) is 6.03 Å². The number of benzene rings is 1. The van der Waals surface area contributed by atoms with Crippen LogP contribution in [0, 0.1) is 0 Å². The van der Waals surface area contributed by atoms with Gasteiger partial charge in [-0.1, -0.05) is 12.1 Å². The van der Waals surface area contributed by atoms with E-state index < -0.39 is 0 Å². The standard InChI is InChI=1S/C23H26N4O3/c1-29-20-6-5-16(14-21(20)30-2)7-11-25-23(28)27-12-8-17(9-13-27)19-15-26-22-18(19)4-3-10-24-22/h3-6,8,10,14-15H,7,9,11-13H2,1-2H3,(H,24,26)(H,25,28). The summed E-state index contributed by atoms with van der Waals surface area (Å²) in [6, 6.07) is 9.79. The molecule has 2 amide bonds. The summed E-state index contributed by atoms with van der Waals surface area (Å²) < 4.78 is 10.6. The highest BCUT2D eigenvalue weighted by Gasteiger charge is 2.19. The number of fused-ring (bicyclic) bond motifs is 1. The average molecular weight is 406 g/mol. The Morgan fingerprint density at radius 1 is 1.23 bits per heavy atom. The van der Waals surface area contributed by atoms with Crippen molar-refractivity contribution in [3.63, 3.8) is 0 Å². The second-order valence-electron chi connectivity index (χ2n) is 7.20. The van der Waals surface area contributed by atoms with Gasteiger partial charge in [0.25, 0.3) is 0 Å². The van der Waals surface area contributed by atoms with E-state index >= 15 is 0 Å². The van der Waals surface area contributed by atoms with Crippen molar-refractivity contribution in [2.45, 2.75) is 12.8 Å². The summed E-state index contributed by atoms with van der Waals surface area (Å²) in [6.07, 6.45) is 7.47. The molecule has 7 nitrogen and oxygen atoms in total. The number of rotatable bonds is 6. The minimum absolute atomic E-state index is 0.0358. The lowest BCUT2D eigenvalue weighted by atomic mass is 10.00. The maximum atomic E-state index is 12.5. The Morgan fingerprint density at radius 2 is 2.10 bits per heavy atom. The number of ether oxygens (including phenoxy) is 2. The van der Waals surface area contributed by atoms with Gasteiger partial charge >= 0.3 is 6.03 Å². The summed E-state index contributed by atoms with van der Waals surface area (Å²) in [5.41, 5.74) is 4.40. The number of carbonyl (C=O) groups excluding carboxylic acids is 1. The number of urea groups is 1. The van der Waals surface area contributed by atoms with E-state index in [0.29, 0.717) is 31.1 Å². The van der Waals surface area contributed by atoms with E-state index in [0.717, 1.165) is 29.4 Å². The van der Waals surface area contributed by atoms with Crippen molar-refractivity contribution >= 4 is 22.6 Å². The highest BCUT2D eigenvalue weighted by Crippen LogP contribution is 2.29. The van der Waals surface area contributed by atoms with Gasteiger partial charge < -0.3 is 24.7 Å². The number of amides is 2. The Kier molecular flexibility index (Phi) is 5.88. The summed E-state index contributed by atoms with van der Waals surface area (Å²) in [7, 11) is 3.24. The number of carbonyl (C=O) groups is 1. The molecule has 0 bridgehead atoms. The highest BCUT2D eigenvalue weighted by atomic mass is 16.5.